The van der Waals surface area contributed by atoms with Crippen molar-refractivity contribution in [1.29, 1.82) is 0 Å². The lowest BCUT2D eigenvalue weighted by molar-refractivity contribution is -0.121. The normalized spacial score (nSPS) is 24.7. The average molecular weight is 257 g/mol. The molecule has 100 valence electrons. The van der Waals surface area contributed by atoms with Crippen LogP contribution in [0.3, 0.4) is 0 Å². The summed E-state index contributed by atoms with van der Waals surface area (Å²) in [6.07, 6.45) is 3.64. The second-order valence-corrected chi connectivity index (χ2v) is 5.23. The molecular formula is C15H19N3O. The van der Waals surface area contributed by atoms with Crippen LogP contribution in [0.4, 0.5) is 5.69 Å². The Hall–Kier alpha value is -1.68. The lowest BCUT2D eigenvalue weighted by atomic mass is 10.1. The summed E-state index contributed by atoms with van der Waals surface area (Å²) in [5.41, 5.74) is 1.77. The smallest absolute Gasteiger partial charge is 0.270 e. The van der Waals surface area contributed by atoms with Gasteiger partial charge in [-0.3, -0.25) is 9.69 Å². The summed E-state index contributed by atoms with van der Waals surface area (Å²) in [6.45, 7) is 3.97. The van der Waals surface area contributed by atoms with Gasteiger partial charge in [-0.05, 0) is 45.0 Å². The van der Waals surface area contributed by atoms with E-state index in [2.05, 4.69) is 10.0 Å². The highest BCUT2D eigenvalue weighted by molar-refractivity contribution is 6.18. The van der Waals surface area contributed by atoms with Crippen molar-refractivity contribution < 1.29 is 4.79 Å². The van der Waals surface area contributed by atoms with E-state index >= 15 is 0 Å². The predicted molar refractivity (Wildman–Crippen MR) is 76.2 cm³/mol. The van der Waals surface area contributed by atoms with E-state index in [4.69, 9.17) is 0 Å². The molecule has 3 rings (SSSR count). The predicted octanol–water partition coefficient (Wildman–Crippen LogP) is 2.26. The molecule has 0 aliphatic carbocycles. The Morgan fingerprint density at radius 2 is 1.79 bits per heavy atom. The summed E-state index contributed by atoms with van der Waals surface area (Å²) in [7, 11) is 0. The van der Waals surface area contributed by atoms with Crippen LogP contribution in [0.25, 0.3) is 0 Å². The molecule has 4 heteroatoms. The van der Waals surface area contributed by atoms with Gasteiger partial charge in [0.2, 0.25) is 0 Å². The zero-order valence-corrected chi connectivity index (χ0v) is 11.2. The largest absolute Gasteiger partial charge is 0.287 e. The quantitative estimate of drug-likeness (QED) is 0.814. The maximum Gasteiger partial charge on any atom is 0.270 e. The van der Waals surface area contributed by atoms with Crippen LogP contribution in [0, 0.1) is 0 Å². The van der Waals surface area contributed by atoms with E-state index in [1.165, 1.54) is 19.3 Å². The summed E-state index contributed by atoms with van der Waals surface area (Å²) in [4.78, 5) is 14.9. The molecule has 0 bridgehead atoms. The lowest BCUT2D eigenvalue weighted by Gasteiger charge is -2.31. The number of hydrazone groups is 1. The van der Waals surface area contributed by atoms with Crippen molar-refractivity contribution in [1.82, 2.24) is 4.90 Å². The van der Waals surface area contributed by atoms with Crippen LogP contribution >= 0.6 is 0 Å². The standard InChI is InChI=1S/C15H19N3O/c1-12-14(17-10-6-3-7-11-17)15(19)18(16-12)13-8-4-2-5-9-13/h2,4-5,8-9,14H,3,6-7,10-11H2,1H3. The molecule has 0 spiro atoms. The van der Waals surface area contributed by atoms with Crippen LogP contribution in [-0.2, 0) is 4.79 Å². The highest BCUT2D eigenvalue weighted by Gasteiger charge is 2.38. The Kier molecular flexibility index (Phi) is 3.34. The van der Waals surface area contributed by atoms with E-state index in [9.17, 15) is 4.79 Å². The first-order valence-electron chi connectivity index (χ1n) is 6.95. The Morgan fingerprint density at radius 3 is 2.47 bits per heavy atom. The number of nitrogens with zero attached hydrogens (tertiary/aromatic N) is 3. The topological polar surface area (TPSA) is 35.9 Å². The van der Waals surface area contributed by atoms with Gasteiger partial charge in [0.05, 0.1) is 11.4 Å². The Morgan fingerprint density at radius 1 is 1.11 bits per heavy atom. The van der Waals surface area contributed by atoms with Crippen LogP contribution < -0.4 is 5.01 Å². The zero-order valence-electron chi connectivity index (χ0n) is 11.2. The number of carbonyl (C=O) groups excluding carboxylic acids is 1. The van der Waals surface area contributed by atoms with Gasteiger partial charge in [0.15, 0.2) is 0 Å². The maximum absolute atomic E-state index is 12.6. The highest BCUT2D eigenvalue weighted by Crippen LogP contribution is 2.24. The van der Waals surface area contributed by atoms with Gasteiger partial charge in [-0.25, -0.2) is 0 Å². The van der Waals surface area contributed by atoms with Crippen LogP contribution in [0.1, 0.15) is 26.2 Å². The average Bonchev–Trinajstić information content (AvgIpc) is 2.76. The minimum absolute atomic E-state index is 0.0885. The third kappa shape index (κ3) is 2.28. The first-order valence-corrected chi connectivity index (χ1v) is 6.95. The summed E-state index contributed by atoms with van der Waals surface area (Å²) in [5, 5.41) is 6.01. The van der Waals surface area contributed by atoms with Crippen molar-refractivity contribution >= 4 is 17.3 Å². The molecule has 1 fully saturated rings. The van der Waals surface area contributed by atoms with E-state index in [-0.39, 0.29) is 11.9 Å². The van der Waals surface area contributed by atoms with Gasteiger partial charge in [0.1, 0.15) is 6.04 Å². The molecule has 2 aliphatic rings. The minimum Gasteiger partial charge on any atom is -0.287 e. The molecule has 2 aliphatic heterocycles. The molecule has 19 heavy (non-hydrogen) atoms. The number of anilines is 1. The number of amides is 1. The summed E-state index contributed by atoms with van der Waals surface area (Å²) in [5.74, 6) is 0.0885. The molecule has 4 nitrogen and oxygen atoms in total. The van der Waals surface area contributed by atoms with Crippen molar-refractivity contribution in [2.24, 2.45) is 5.10 Å². The van der Waals surface area contributed by atoms with Crippen LogP contribution in [0.5, 0.6) is 0 Å². The molecule has 1 unspecified atom stereocenters. The number of carbonyl (C=O) groups is 1. The molecular weight excluding hydrogens is 238 g/mol. The molecule has 1 saturated heterocycles. The number of piperidine rings is 1. The van der Waals surface area contributed by atoms with Gasteiger partial charge in [-0.2, -0.15) is 10.1 Å². The van der Waals surface area contributed by atoms with Gasteiger partial charge in [0, 0.05) is 0 Å². The van der Waals surface area contributed by atoms with Crippen molar-refractivity contribution in [3.8, 4) is 0 Å². The van der Waals surface area contributed by atoms with Crippen LogP contribution in [0.2, 0.25) is 0 Å². The number of para-hydroxylation sites is 1. The number of likely N-dealkylation sites (tertiary alicyclic amines) is 1. The Bertz CT molecular complexity index is 491. The molecule has 1 amide bonds. The number of benzene rings is 1. The van der Waals surface area contributed by atoms with Crippen molar-refractivity contribution in [2.75, 3.05) is 18.1 Å². The monoisotopic (exact) mass is 257 g/mol. The minimum atomic E-state index is -0.152. The van der Waals surface area contributed by atoms with E-state index < -0.39 is 0 Å². The van der Waals surface area contributed by atoms with Gasteiger partial charge in [-0.1, -0.05) is 24.6 Å². The number of rotatable bonds is 2. The van der Waals surface area contributed by atoms with Gasteiger partial charge in [0.25, 0.3) is 5.91 Å². The van der Waals surface area contributed by atoms with Gasteiger partial charge >= 0.3 is 0 Å². The SMILES string of the molecule is CC1=NN(c2ccccc2)C(=O)C1N1CCCCC1. The number of hydrogen-bond donors (Lipinski definition) is 0. The fourth-order valence-electron chi connectivity index (χ4n) is 2.91. The fourth-order valence-corrected chi connectivity index (χ4v) is 2.91. The molecule has 2 heterocycles. The highest BCUT2D eigenvalue weighted by atomic mass is 16.2. The summed E-state index contributed by atoms with van der Waals surface area (Å²) < 4.78 is 0. The Labute approximate surface area is 113 Å². The molecule has 0 aromatic heterocycles. The molecule has 1 aromatic carbocycles. The van der Waals surface area contributed by atoms with Gasteiger partial charge in [-0.15, -0.1) is 0 Å². The second-order valence-electron chi connectivity index (χ2n) is 5.23. The molecule has 0 N–H and O–H groups in total. The van der Waals surface area contributed by atoms with Crippen LogP contribution in [0.15, 0.2) is 35.4 Å². The molecule has 0 saturated carbocycles. The summed E-state index contributed by atoms with van der Waals surface area (Å²) in [6, 6.07) is 9.51. The molecule has 0 radical (unpaired) electrons. The van der Waals surface area contributed by atoms with Crippen molar-refractivity contribution in [3.63, 3.8) is 0 Å². The van der Waals surface area contributed by atoms with Gasteiger partial charge < -0.3 is 0 Å². The van der Waals surface area contributed by atoms with Crippen molar-refractivity contribution in [2.45, 2.75) is 32.2 Å². The van der Waals surface area contributed by atoms with Crippen LogP contribution in [-0.4, -0.2) is 35.7 Å². The van der Waals surface area contributed by atoms with Crippen molar-refractivity contribution in [3.05, 3.63) is 30.3 Å². The maximum atomic E-state index is 12.6. The third-order valence-electron chi connectivity index (χ3n) is 3.85. The number of hydrogen-bond acceptors (Lipinski definition) is 3. The van der Waals surface area contributed by atoms with E-state index in [1.54, 1.807) is 5.01 Å². The first-order chi connectivity index (χ1) is 9.27. The third-order valence-corrected chi connectivity index (χ3v) is 3.85. The fraction of sp³-hybridized carbons (Fsp3) is 0.467. The second kappa shape index (κ2) is 5.13. The lowest BCUT2D eigenvalue weighted by Crippen LogP contribution is -2.48. The summed E-state index contributed by atoms with van der Waals surface area (Å²) >= 11 is 0. The first kappa shape index (κ1) is 12.4. The van der Waals surface area contributed by atoms with E-state index in [0.717, 1.165) is 24.5 Å². The Balaban J connectivity index is 1.83. The molecule has 1 atom stereocenters. The van der Waals surface area contributed by atoms with E-state index in [0.29, 0.717) is 0 Å². The van der Waals surface area contributed by atoms with E-state index in [1.807, 2.05) is 37.3 Å². The zero-order chi connectivity index (χ0) is 13.2. The molecule has 1 aromatic rings.